The SMILES string of the molecule is CCCCCCCCCCCCCCCCCCCC(=O)OCC(COC(=O)CCCCCCC)OC(=O)CCCCCCCCCCCCCCC. The lowest BCUT2D eigenvalue weighted by molar-refractivity contribution is -0.167. The van der Waals surface area contributed by atoms with E-state index in [0.29, 0.717) is 19.3 Å². The van der Waals surface area contributed by atoms with Gasteiger partial charge in [-0.25, -0.2) is 0 Å². The van der Waals surface area contributed by atoms with E-state index >= 15 is 0 Å². The third-order valence-electron chi connectivity index (χ3n) is 10.6. The van der Waals surface area contributed by atoms with Crippen molar-refractivity contribution in [3.8, 4) is 0 Å². The van der Waals surface area contributed by atoms with Crippen molar-refractivity contribution in [1.82, 2.24) is 0 Å². The van der Waals surface area contributed by atoms with Gasteiger partial charge in [-0.05, 0) is 19.3 Å². The average molecular weight is 751 g/mol. The molecule has 0 aliphatic heterocycles. The molecule has 0 heterocycles. The number of carbonyl (C=O) groups excluding carboxylic acids is 3. The standard InChI is InChI=1S/C47H90O6/c1-4-7-10-13-15-17-19-21-22-23-24-26-27-29-31-34-37-40-46(49)52-43-44(42-51-45(48)39-36-33-12-9-6-3)53-47(50)41-38-35-32-30-28-25-20-18-16-14-11-8-5-2/h44H,4-43H2,1-3H3. The summed E-state index contributed by atoms with van der Waals surface area (Å²) in [7, 11) is 0. The van der Waals surface area contributed by atoms with Crippen molar-refractivity contribution in [2.45, 2.75) is 271 Å². The summed E-state index contributed by atoms with van der Waals surface area (Å²) in [5.74, 6) is -0.863. The molecule has 1 unspecified atom stereocenters. The summed E-state index contributed by atoms with van der Waals surface area (Å²) in [5.41, 5.74) is 0. The molecule has 53 heavy (non-hydrogen) atoms. The topological polar surface area (TPSA) is 78.9 Å². The molecule has 0 aliphatic rings. The smallest absolute Gasteiger partial charge is 0.306 e. The Morgan fingerprint density at radius 2 is 0.509 bits per heavy atom. The van der Waals surface area contributed by atoms with Gasteiger partial charge in [0, 0.05) is 19.3 Å². The zero-order valence-corrected chi connectivity index (χ0v) is 35.8. The third kappa shape index (κ3) is 41.4. The maximum Gasteiger partial charge on any atom is 0.306 e. The minimum atomic E-state index is -0.756. The van der Waals surface area contributed by atoms with Gasteiger partial charge in [0.25, 0.3) is 0 Å². The second-order valence-corrected chi connectivity index (χ2v) is 16.0. The highest BCUT2D eigenvalue weighted by Gasteiger charge is 2.19. The Hall–Kier alpha value is -1.59. The summed E-state index contributed by atoms with van der Waals surface area (Å²) >= 11 is 0. The van der Waals surface area contributed by atoms with Crippen molar-refractivity contribution < 1.29 is 28.6 Å². The first-order chi connectivity index (χ1) is 26.0. The second-order valence-electron chi connectivity index (χ2n) is 16.0. The Morgan fingerprint density at radius 1 is 0.302 bits per heavy atom. The van der Waals surface area contributed by atoms with Gasteiger partial charge < -0.3 is 14.2 Å². The molecule has 0 saturated carbocycles. The lowest BCUT2D eigenvalue weighted by atomic mass is 10.0. The Kier molecular flexibility index (Phi) is 41.8. The van der Waals surface area contributed by atoms with Gasteiger partial charge in [-0.15, -0.1) is 0 Å². The van der Waals surface area contributed by atoms with E-state index in [4.69, 9.17) is 14.2 Å². The van der Waals surface area contributed by atoms with Crippen LogP contribution >= 0.6 is 0 Å². The molecular weight excluding hydrogens is 661 g/mol. The Labute approximate surface area is 329 Å². The van der Waals surface area contributed by atoms with E-state index in [1.54, 1.807) is 0 Å². The molecule has 0 saturated heterocycles. The molecular formula is C47H90O6. The number of hydrogen-bond donors (Lipinski definition) is 0. The number of rotatable bonds is 43. The molecule has 0 aromatic carbocycles. The lowest BCUT2D eigenvalue weighted by Gasteiger charge is -2.18. The van der Waals surface area contributed by atoms with Crippen LogP contribution in [-0.4, -0.2) is 37.2 Å². The first-order valence-corrected chi connectivity index (χ1v) is 23.5. The van der Waals surface area contributed by atoms with Gasteiger partial charge in [0.2, 0.25) is 0 Å². The van der Waals surface area contributed by atoms with E-state index in [1.807, 2.05) is 0 Å². The van der Waals surface area contributed by atoms with Crippen molar-refractivity contribution >= 4 is 17.9 Å². The van der Waals surface area contributed by atoms with Gasteiger partial charge in [-0.2, -0.15) is 0 Å². The maximum atomic E-state index is 12.7. The number of hydrogen-bond acceptors (Lipinski definition) is 6. The summed E-state index contributed by atoms with van der Waals surface area (Å²) in [6, 6.07) is 0. The normalized spacial score (nSPS) is 11.8. The van der Waals surface area contributed by atoms with E-state index in [2.05, 4.69) is 20.8 Å². The molecule has 0 radical (unpaired) electrons. The van der Waals surface area contributed by atoms with Crippen LogP contribution in [-0.2, 0) is 28.6 Å². The highest BCUT2D eigenvalue weighted by molar-refractivity contribution is 5.71. The minimum Gasteiger partial charge on any atom is -0.462 e. The Morgan fingerprint density at radius 3 is 0.755 bits per heavy atom. The fourth-order valence-electron chi connectivity index (χ4n) is 7.03. The number of esters is 3. The molecule has 6 nitrogen and oxygen atoms in total. The second kappa shape index (κ2) is 43.1. The van der Waals surface area contributed by atoms with Crippen LogP contribution in [0.1, 0.15) is 265 Å². The van der Waals surface area contributed by atoms with Gasteiger partial charge in [-0.3, -0.25) is 14.4 Å². The summed E-state index contributed by atoms with van der Waals surface area (Å²) in [6.07, 6.45) is 44.0. The third-order valence-corrected chi connectivity index (χ3v) is 10.6. The van der Waals surface area contributed by atoms with E-state index in [0.717, 1.165) is 64.2 Å². The van der Waals surface area contributed by atoms with Crippen LogP contribution in [0, 0.1) is 0 Å². The zero-order chi connectivity index (χ0) is 38.7. The molecule has 0 aliphatic carbocycles. The van der Waals surface area contributed by atoms with Crippen LogP contribution in [0.25, 0.3) is 0 Å². The molecule has 0 aromatic heterocycles. The van der Waals surface area contributed by atoms with Gasteiger partial charge in [0.1, 0.15) is 13.2 Å². The zero-order valence-electron chi connectivity index (χ0n) is 35.8. The van der Waals surface area contributed by atoms with Crippen molar-refractivity contribution in [2.75, 3.05) is 13.2 Å². The molecule has 0 N–H and O–H groups in total. The first-order valence-electron chi connectivity index (χ1n) is 23.5. The Balaban J connectivity index is 4.13. The van der Waals surface area contributed by atoms with Crippen LogP contribution in [0.4, 0.5) is 0 Å². The first kappa shape index (κ1) is 51.4. The molecule has 0 aromatic rings. The summed E-state index contributed by atoms with van der Waals surface area (Å²) < 4.78 is 16.6. The fourth-order valence-corrected chi connectivity index (χ4v) is 7.03. The van der Waals surface area contributed by atoms with Gasteiger partial charge >= 0.3 is 17.9 Å². The predicted octanol–water partition coefficient (Wildman–Crippen LogP) is 14.9. The molecule has 0 amide bonds. The van der Waals surface area contributed by atoms with Crippen molar-refractivity contribution in [1.29, 1.82) is 0 Å². The van der Waals surface area contributed by atoms with Crippen LogP contribution in [0.5, 0.6) is 0 Å². The van der Waals surface area contributed by atoms with Gasteiger partial charge in [0.05, 0.1) is 0 Å². The number of unbranched alkanes of at least 4 members (excludes halogenated alkanes) is 32. The van der Waals surface area contributed by atoms with Crippen LogP contribution in [0.2, 0.25) is 0 Å². The van der Waals surface area contributed by atoms with Crippen LogP contribution < -0.4 is 0 Å². The highest BCUT2D eigenvalue weighted by atomic mass is 16.6. The molecule has 6 heteroatoms. The quantitative estimate of drug-likeness (QED) is 0.0351. The van der Waals surface area contributed by atoms with Gasteiger partial charge in [0.15, 0.2) is 6.10 Å². The lowest BCUT2D eigenvalue weighted by Crippen LogP contribution is -2.30. The average Bonchev–Trinajstić information content (AvgIpc) is 3.15. The van der Waals surface area contributed by atoms with Crippen molar-refractivity contribution in [2.24, 2.45) is 0 Å². The Bertz CT molecular complexity index is 783. The number of carbonyl (C=O) groups is 3. The van der Waals surface area contributed by atoms with E-state index in [1.165, 1.54) is 161 Å². The minimum absolute atomic E-state index is 0.0636. The largest absolute Gasteiger partial charge is 0.462 e. The molecule has 0 rings (SSSR count). The predicted molar refractivity (Wildman–Crippen MR) is 224 cm³/mol. The van der Waals surface area contributed by atoms with Crippen LogP contribution in [0.15, 0.2) is 0 Å². The molecule has 314 valence electrons. The monoisotopic (exact) mass is 751 g/mol. The maximum absolute atomic E-state index is 12.7. The molecule has 0 bridgehead atoms. The summed E-state index contributed by atoms with van der Waals surface area (Å²) in [5, 5.41) is 0. The highest BCUT2D eigenvalue weighted by Crippen LogP contribution is 2.16. The van der Waals surface area contributed by atoms with Crippen molar-refractivity contribution in [3.05, 3.63) is 0 Å². The van der Waals surface area contributed by atoms with E-state index in [9.17, 15) is 14.4 Å². The number of ether oxygens (including phenoxy) is 3. The van der Waals surface area contributed by atoms with E-state index < -0.39 is 6.10 Å². The molecule has 0 fully saturated rings. The van der Waals surface area contributed by atoms with E-state index in [-0.39, 0.29) is 31.1 Å². The fraction of sp³-hybridized carbons (Fsp3) is 0.936. The van der Waals surface area contributed by atoms with Crippen LogP contribution in [0.3, 0.4) is 0 Å². The molecule has 1 atom stereocenters. The van der Waals surface area contributed by atoms with Crippen molar-refractivity contribution in [3.63, 3.8) is 0 Å². The summed E-state index contributed by atoms with van der Waals surface area (Å²) in [4.78, 5) is 37.5. The van der Waals surface area contributed by atoms with Gasteiger partial charge in [-0.1, -0.05) is 226 Å². The molecule has 0 spiro atoms. The summed E-state index contributed by atoms with van der Waals surface area (Å²) in [6.45, 7) is 6.58.